The minimum Gasteiger partial charge on any atom is -0.411 e. The molecule has 0 aromatic heterocycles. The molecule has 1 aliphatic heterocycles. The van der Waals surface area contributed by atoms with Crippen molar-refractivity contribution >= 4 is 19.7 Å². The SMILES string of the molecule is CC1(C)O[Si](C)(C)CCC1(c1cccc(N)c1)c1cccc(N)c1. The molecule has 0 atom stereocenters. The van der Waals surface area contributed by atoms with Crippen LogP contribution in [0.15, 0.2) is 48.5 Å². The number of hydrogen-bond donors (Lipinski definition) is 2. The third kappa shape index (κ3) is 2.74. The van der Waals surface area contributed by atoms with Crippen molar-refractivity contribution in [2.75, 3.05) is 11.5 Å². The topological polar surface area (TPSA) is 61.3 Å². The van der Waals surface area contributed by atoms with Gasteiger partial charge in [0, 0.05) is 16.8 Å². The molecule has 3 rings (SSSR count). The molecule has 2 aromatic rings. The summed E-state index contributed by atoms with van der Waals surface area (Å²) in [5, 5.41) is 0. The van der Waals surface area contributed by atoms with E-state index in [0.29, 0.717) is 0 Å². The maximum absolute atomic E-state index is 6.72. The van der Waals surface area contributed by atoms with Gasteiger partial charge in [0.2, 0.25) is 0 Å². The summed E-state index contributed by atoms with van der Waals surface area (Å²) in [5.41, 5.74) is 15.6. The van der Waals surface area contributed by atoms with Crippen LogP contribution >= 0.6 is 0 Å². The van der Waals surface area contributed by atoms with Gasteiger partial charge in [0.15, 0.2) is 8.32 Å². The van der Waals surface area contributed by atoms with E-state index in [-0.39, 0.29) is 11.0 Å². The Labute approximate surface area is 146 Å². The van der Waals surface area contributed by atoms with Crippen LogP contribution in [0.25, 0.3) is 0 Å². The predicted molar refractivity (Wildman–Crippen MR) is 105 cm³/mol. The Hall–Kier alpha value is -1.78. The lowest BCUT2D eigenvalue weighted by atomic mass is 9.62. The fourth-order valence-electron chi connectivity index (χ4n) is 4.38. The van der Waals surface area contributed by atoms with Crippen molar-refractivity contribution < 1.29 is 4.43 Å². The summed E-state index contributed by atoms with van der Waals surface area (Å²) in [6.07, 6.45) is 1.05. The number of nitrogen functional groups attached to an aromatic ring is 2. The van der Waals surface area contributed by atoms with Crippen molar-refractivity contribution in [3.05, 3.63) is 59.7 Å². The van der Waals surface area contributed by atoms with Gasteiger partial charge in [-0.05, 0) is 74.8 Å². The Morgan fingerprint density at radius 3 is 1.83 bits per heavy atom. The molecule has 1 aliphatic rings. The van der Waals surface area contributed by atoms with Crippen LogP contribution in [0, 0.1) is 0 Å². The van der Waals surface area contributed by atoms with Crippen molar-refractivity contribution in [1.82, 2.24) is 0 Å². The summed E-state index contributed by atoms with van der Waals surface area (Å²) in [6, 6.07) is 17.6. The highest BCUT2D eigenvalue weighted by Gasteiger charge is 2.54. The van der Waals surface area contributed by atoms with Crippen molar-refractivity contribution in [1.29, 1.82) is 0 Å². The van der Waals surface area contributed by atoms with Gasteiger partial charge in [-0.3, -0.25) is 0 Å². The van der Waals surface area contributed by atoms with Crippen LogP contribution in [0.3, 0.4) is 0 Å². The average Bonchev–Trinajstić information content (AvgIpc) is 2.45. The van der Waals surface area contributed by atoms with Crippen LogP contribution in [-0.2, 0) is 9.84 Å². The minimum atomic E-state index is -1.67. The van der Waals surface area contributed by atoms with E-state index in [4.69, 9.17) is 15.9 Å². The van der Waals surface area contributed by atoms with Crippen molar-refractivity contribution in [3.8, 4) is 0 Å². The van der Waals surface area contributed by atoms with Crippen molar-refractivity contribution in [2.45, 2.75) is 50.4 Å². The second-order valence-electron chi connectivity index (χ2n) is 8.03. The fraction of sp³-hybridized carbons (Fsp3) is 0.400. The van der Waals surface area contributed by atoms with E-state index < -0.39 is 8.32 Å². The molecule has 3 nitrogen and oxygen atoms in total. The van der Waals surface area contributed by atoms with Gasteiger partial charge in [-0.1, -0.05) is 24.3 Å². The van der Waals surface area contributed by atoms with E-state index >= 15 is 0 Å². The molecule has 0 bridgehead atoms. The zero-order chi connectivity index (χ0) is 17.6. The Kier molecular flexibility index (Phi) is 4.01. The maximum atomic E-state index is 6.72. The predicted octanol–water partition coefficient (Wildman–Crippen LogP) is 4.54. The van der Waals surface area contributed by atoms with Crippen molar-refractivity contribution in [3.63, 3.8) is 0 Å². The summed E-state index contributed by atoms with van der Waals surface area (Å²) in [4.78, 5) is 0. The molecule has 0 aliphatic carbocycles. The molecule has 0 amide bonds. The monoisotopic (exact) mass is 340 g/mol. The highest BCUT2D eigenvalue weighted by molar-refractivity contribution is 6.71. The molecule has 1 saturated heterocycles. The number of benzene rings is 2. The highest BCUT2D eigenvalue weighted by atomic mass is 28.4. The summed E-state index contributed by atoms with van der Waals surface area (Å²) in [7, 11) is -1.67. The van der Waals surface area contributed by atoms with E-state index in [1.165, 1.54) is 11.1 Å². The van der Waals surface area contributed by atoms with Crippen molar-refractivity contribution in [2.24, 2.45) is 0 Å². The van der Waals surface area contributed by atoms with Gasteiger partial charge in [0.05, 0.1) is 5.60 Å². The average molecular weight is 341 g/mol. The Morgan fingerprint density at radius 1 is 0.917 bits per heavy atom. The van der Waals surface area contributed by atoms with Crippen LogP contribution in [0.2, 0.25) is 19.1 Å². The van der Waals surface area contributed by atoms with Crippen LogP contribution in [-0.4, -0.2) is 13.9 Å². The van der Waals surface area contributed by atoms with Crippen LogP contribution in [0.5, 0.6) is 0 Å². The first kappa shape index (κ1) is 17.1. The molecule has 0 unspecified atom stereocenters. The molecular formula is C20H28N2OSi. The number of rotatable bonds is 2. The lowest BCUT2D eigenvalue weighted by molar-refractivity contribution is 0.00863. The van der Waals surface area contributed by atoms with Gasteiger partial charge in [0.1, 0.15) is 0 Å². The van der Waals surface area contributed by atoms with Crippen LogP contribution in [0.1, 0.15) is 31.4 Å². The Balaban J connectivity index is 2.26. The quantitative estimate of drug-likeness (QED) is 0.623. The second-order valence-corrected chi connectivity index (χ2v) is 12.3. The van der Waals surface area contributed by atoms with Crippen LogP contribution < -0.4 is 11.5 Å². The van der Waals surface area contributed by atoms with Gasteiger partial charge in [0.25, 0.3) is 0 Å². The van der Waals surface area contributed by atoms with Gasteiger partial charge >= 0.3 is 0 Å². The zero-order valence-corrected chi connectivity index (χ0v) is 16.1. The smallest absolute Gasteiger partial charge is 0.187 e. The molecule has 128 valence electrons. The standard InChI is InChI=1S/C20H28N2OSi/c1-19(2)20(11-12-24(3,4)23-19,15-7-5-9-17(21)13-15)16-8-6-10-18(22)14-16/h5-10,13-14H,11-12,21-22H2,1-4H3. The Bertz CT molecular complexity index is 709. The molecule has 24 heavy (non-hydrogen) atoms. The first-order valence-electron chi connectivity index (χ1n) is 8.59. The number of hydrogen-bond acceptors (Lipinski definition) is 3. The largest absolute Gasteiger partial charge is 0.411 e. The summed E-state index contributed by atoms with van der Waals surface area (Å²) >= 11 is 0. The lowest BCUT2D eigenvalue weighted by Crippen LogP contribution is -2.59. The first-order valence-corrected chi connectivity index (χ1v) is 11.7. The summed E-state index contributed by atoms with van der Waals surface area (Å²) < 4.78 is 6.72. The first-order chi connectivity index (χ1) is 11.2. The summed E-state index contributed by atoms with van der Waals surface area (Å²) in [5.74, 6) is 0. The fourth-order valence-corrected chi connectivity index (χ4v) is 7.01. The van der Waals surface area contributed by atoms with Gasteiger partial charge < -0.3 is 15.9 Å². The molecule has 0 spiro atoms. The lowest BCUT2D eigenvalue weighted by Gasteiger charge is -2.55. The van der Waals surface area contributed by atoms with Gasteiger partial charge in [-0.25, -0.2) is 0 Å². The maximum Gasteiger partial charge on any atom is 0.187 e. The van der Waals surface area contributed by atoms with E-state index in [1.807, 2.05) is 24.3 Å². The number of anilines is 2. The molecule has 1 heterocycles. The molecule has 1 fully saturated rings. The summed E-state index contributed by atoms with van der Waals surface area (Å²) in [6.45, 7) is 9.04. The molecular weight excluding hydrogens is 312 g/mol. The van der Waals surface area contributed by atoms with Gasteiger partial charge in [-0.2, -0.15) is 0 Å². The minimum absolute atomic E-state index is 0.250. The third-order valence-electron chi connectivity index (χ3n) is 5.42. The van der Waals surface area contributed by atoms with E-state index in [1.54, 1.807) is 0 Å². The van der Waals surface area contributed by atoms with E-state index in [2.05, 4.69) is 51.2 Å². The molecule has 2 aromatic carbocycles. The molecule has 0 saturated carbocycles. The number of nitrogens with two attached hydrogens (primary N) is 2. The normalized spacial score (nSPS) is 21.3. The van der Waals surface area contributed by atoms with Gasteiger partial charge in [-0.15, -0.1) is 0 Å². The zero-order valence-electron chi connectivity index (χ0n) is 15.1. The third-order valence-corrected chi connectivity index (χ3v) is 7.94. The molecule has 4 heteroatoms. The van der Waals surface area contributed by atoms with E-state index in [0.717, 1.165) is 23.8 Å². The Morgan fingerprint density at radius 2 is 1.42 bits per heavy atom. The molecule has 4 N–H and O–H groups in total. The van der Waals surface area contributed by atoms with Crippen LogP contribution in [0.4, 0.5) is 11.4 Å². The second kappa shape index (κ2) is 5.64. The van der Waals surface area contributed by atoms with E-state index in [9.17, 15) is 0 Å². The molecule has 0 radical (unpaired) electrons. The highest BCUT2D eigenvalue weighted by Crippen LogP contribution is 2.53.